The molecule has 0 aliphatic rings. The number of halogens is 1. The fourth-order valence-corrected chi connectivity index (χ4v) is 2.10. The summed E-state index contributed by atoms with van der Waals surface area (Å²) in [6, 6.07) is 14.3. The van der Waals surface area contributed by atoms with Gasteiger partial charge in [0.1, 0.15) is 5.82 Å². The van der Waals surface area contributed by atoms with Crippen molar-refractivity contribution < 1.29 is 9.50 Å². The molecule has 0 amide bonds. The molecular formula is C16H18FNO. The van der Waals surface area contributed by atoms with Crippen molar-refractivity contribution in [2.45, 2.75) is 20.0 Å². The minimum absolute atomic E-state index is 0.232. The molecule has 0 aromatic heterocycles. The molecule has 0 heterocycles. The Morgan fingerprint density at radius 2 is 1.74 bits per heavy atom. The molecule has 2 nitrogen and oxygen atoms in total. The molecule has 19 heavy (non-hydrogen) atoms. The van der Waals surface area contributed by atoms with Crippen LogP contribution < -0.4 is 4.90 Å². The Labute approximate surface area is 113 Å². The van der Waals surface area contributed by atoms with Crippen LogP contribution in [-0.2, 0) is 0 Å². The molecule has 0 radical (unpaired) electrons. The van der Waals surface area contributed by atoms with Gasteiger partial charge in [-0.1, -0.05) is 24.3 Å². The lowest BCUT2D eigenvalue weighted by molar-refractivity contribution is 0.199. The van der Waals surface area contributed by atoms with Crippen LogP contribution in [-0.4, -0.2) is 11.7 Å². The average Bonchev–Trinajstić information content (AvgIpc) is 2.42. The first-order valence-electron chi connectivity index (χ1n) is 6.43. The molecule has 2 rings (SSSR count). The summed E-state index contributed by atoms with van der Waals surface area (Å²) < 4.78 is 13.8. The molecule has 0 unspecified atom stereocenters. The van der Waals surface area contributed by atoms with E-state index in [1.165, 1.54) is 6.07 Å². The van der Waals surface area contributed by atoms with E-state index >= 15 is 0 Å². The molecule has 0 saturated heterocycles. The SMILES string of the molecule is CCN(c1ccc([C@H](C)O)cc1)c1ccccc1F. The van der Waals surface area contributed by atoms with E-state index in [0.29, 0.717) is 12.2 Å². The summed E-state index contributed by atoms with van der Waals surface area (Å²) in [6.45, 7) is 4.38. The number of hydrogen-bond donors (Lipinski definition) is 1. The summed E-state index contributed by atoms with van der Waals surface area (Å²) in [4.78, 5) is 1.90. The van der Waals surface area contributed by atoms with Gasteiger partial charge >= 0.3 is 0 Å². The number of aliphatic hydroxyl groups excluding tert-OH is 1. The second kappa shape index (κ2) is 5.85. The van der Waals surface area contributed by atoms with Crippen LogP contribution in [0.3, 0.4) is 0 Å². The number of hydrogen-bond acceptors (Lipinski definition) is 2. The Morgan fingerprint density at radius 3 is 2.26 bits per heavy atom. The summed E-state index contributed by atoms with van der Waals surface area (Å²) in [6.07, 6.45) is -0.488. The standard InChI is InChI=1S/C16H18FNO/c1-3-18(16-7-5-4-6-15(16)17)14-10-8-13(9-11-14)12(2)19/h4-12,19H,3H2,1-2H3/t12-/m0/s1. The van der Waals surface area contributed by atoms with Gasteiger partial charge in [0.15, 0.2) is 0 Å². The van der Waals surface area contributed by atoms with Crippen LogP contribution in [0, 0.1) is 5.82 Å². The van der Waals surface area contributed by atoms with Crippen LogP contribution in [0.25, 0.3) is 0 Å². The van der Waals surface area contributed by atoms with Gasteiger partial charge in [-0.3, -0.25) is 0 Å². The van der Waals surface area contributed by atoms with Crippen LogP contribution in [0.15, 0.2) is 48.5 Å². The van der Waals surface area contributed by atoms with Gasteiger partial charge in [0, 0.05) is 12.2 Å². The van der Waals surface area contributed by atoms with Crippen molar-refractivity contribution in [1.82, 2.24) is 0 Å². The Hall–Kier alpha value is -1.87. The third-order valence-electron chi connectivity index (χ3n) is 3.15. The monoisotopic (exact) mass is 259 g/mol. The van der Waals surface area contributed by atoms with E-state index in [9.17, 15) is 9.50 Å². The molecule has 2 aromatic carbocycles. The molecule has 0 spiro atoms. The highest BCUT2D eigenvalue weighted by Gasteiger charge is 2.11. The van der Waals surface area contributed by atoms with Crippen molar-refractivity contribution in [2.75, 3.05) is 11.4 Å². The minimum atomic E-state index is -0.488. The van der Waals surface area contributed by atoms with E-state index in [-0.39, 0.29) is 5.82 Å². The van der Waals surface area contributed by atoms with Gasteiger partial charge in [-0.15, -0.1) is 0 Å². The van der Waals surface area contributed by atoms with Crippen molar-refractivity contribution in [3.63, 3.8) is 0 Å². The van der Waals surface area contributed by atoms with E-state index in [4.69, 9.17) is 0 Å². The summed E-state index contributed by atoms with van der Waals surface area (Å²) in [5.41, 5.74) is 2.33. The van der Waals surface area contributed by atoms with Gasteiger partial charge < -0.3 is 10.0 Å². The highest BCUT2D eigenvalue weighted by Crippen LogP contribution is 2.28. The third kappa shape index (κ3) is 2.93. The molecule has 3 heteroatoms. The zero-order valence-electron chi connectivity index (χ0n) is 11.2. The molecule has 0 aliphatic heterocycles. The number of nitrogens with zero attached hydrogens (tertiary/aromatic N) is 1. The van der Waals surface area contributed by atoms with Gasteiger partial charge in [0.05, 0.1) is 11.8 Å². The van der Waals surface area contributed by atoms with Crippen molar-refractivity contribution in [1.29, 1.82) is 0 Å². The maximum absolute atomic E-state index is 13.8. The van der Waals surface area contributed by atoms with E-state index in [1.807, 2.05) is 42.2 Å². The molecule has 0 bridgehead atoms. The van der Waals surface area contributed by atoms with Gasteiger partial charge in [-0.25, -0.2) is 4.39 Å². The average molecular weight is 259 g/mol. The first kappa shape index (κ1) is 13.6. The predicted octanol–water partition coefficient (Wildman–Crippen LogP) is 4.04. The zero-order chi connectivity index (χ0) is 13.8. The molecule has 2 aromatic rings. The van der Waals surface area contributed by atoms with Gasteiger partial charge in [-0.2, -0.15) is 0 Å². The zero-order valence-corrected chi connectivity index (χ0v) is 11.2. The summed E-state index contributed by atoms with van der Waals surface area (Å²) in [7, 11) is 0. The molecule has 0 saturated carbocycles. The largest absolute Gasteiger partial charge is 0.389 e. The lowest BCUT2D eigenvalue weighted by Crippen LogP contribution is -2.17. The highest BCUT2D eigenvalue weighted by atomic mass is 19.1. The Bertz CT molecular complexity index is 537. The van der Waals surface area contributed by atoms with Crippen LogP contribution in [0.5, 0.6) is 0 Å². The molecular weight excluding hydrogens is 241 g/mol. The van der Waals surface area contributed by atoms with Crippen LogP contribution >= 0.6 is 0 Å². The minimum Gasteiger partial charge on any atom is -0.389 e. The fraction of sp³-hybridized carbons (Fsp3) is 0.250. The maximum Gasteiger partial charge on any atom is 0.146 e. The molecule has 1 N–H and O–H groups in total. The summed E-state index contributed by atoms with van der Waals surface area (Å²) in [5, 5.41) is 9.50. The summed E-state index contributed by atoms with van der Waals surface area (Å²) >= 11 is 0. The molecule has 1 atom stereocenters. The van der Waals surface area contributed by atoms with Crippen LogP contribution in [0.2, 0.25) is 0 Å². The number of benzene rings is 2. The van der Waals surface area contributed by atoms with Crippen LogP contribution in [0.1, 0.15) is 25.5 Å². The Kier molecular flexibility index (Phi) is 4.17. The van der Waals surface area contributed by atoms with Crippen molar-refractivity contribution in [3.8, 4) is 0 Å². The van der Waals surface area contributed by atoms with E-state index in [2.05, 4.69) is 0 Å². The second-order valence-electron chi connectivity index (χ2n) is 4.46. The number of aliphatic hydroxyl groups is 1. The quantitative estimate of drug-likeness (QED) is 0.895. The number of rotatable bonds is 4. The Morgan fingerprint density at radius 1 is 1.11 bits per heavy atom. The van der Waals surface area contributed by atoms with Gasteiger partial charge in [0.25, 0.3) is 0 Å². The number of anilines is 2. The van der Waals surface area contributed by atoms with E-state index < -0.39 is 6.10 Å². The predicted molar refractivity (Wildman–Crippen MR) is 76.2 cm³/mol. The fourth-order valence-electron chi connectivity index (χ4n) is 2.10. The lowest BCUT2D eigenvalue weighted by atomic mass is 10.1. The molecule has 100 valence electrons. The van der Waals surface area contributed by atoms with Crippen molar-refractivity contribution >= 4 is 11.4 Å². The molecule has 0 aliphatic carbocycles. The first-order valence-corrected chi connectivity index (χ1v) is 6.43. The lowest BCUT2D eigenvalue weighted by Gasteiger charge is -2.24. The van der Waals surface area contributed by atoms with Crippen molar-refractivity contribution in [2.24, 2.45) is 0 Å². The summed E-state index contributed by atoms with van der Waals surface area (Å²) in [5.74, 6) is -0.232. The van der Waals surface area contributed by atoms with Gasteiger partial charge in [-0.05, 0) is 43.7 Å². The van der Waals surface area contributed by atoms with Gasteiger partial charge in [0.2, 0.25) is 0 Å². The second-order valence-corrected chi connectivity index (χ2v) is 4.46. The number of para-hydroxylation sites is 1. The Balaban J connectivity index is 2.35. The van der Waals surface area contributed by atoms with Crippen molar-refractivity contribution in [3.05, 3.63) is 59.9 Å². The topological polar surface area (TPSA) is 23.5 Å². The van der Waals surface area contributed by atoms with E-state index in [1.54, 1.807) is 19.1 Å². The smallest absolute Gasteiger partial charge is 0.146 e. The normalized spacial score (nSPS) is 12.2. The maximum atomic E-state index is 13.8. The highest BCUT2D eigenvalue weighted by molar-refractivity contribution is 5.63. The first-order chi connectivity index (χ1) is 9.13. The van der Waals surface area contributed by atoms with Crippen LogP contribution in [0.4, 0.5) is 15.8 Å². The third-order valence-corrected chi connectivity index (χ3v) is 3.15. The van der Waals surface area contributed by atoms with E-state index in [0.717, 1.165) is 11.3 Å². The molecule has 0 fully saturated rings.